The molecule has 2 saturated heterocycles. The molecule has 3 rings (SSSR count). The molecule has 0 unspecified atom stereocenters. The fourth-order valence-corrected chi connectivity index (χ4v) is 2.60. The molecule has 2 fully saturated rings. The van der Waals surface area contributed by atoms with Gasteiger partial charge in [0.1, 0.15) is 6.10 Å². The Labute approximate surface area is 123 Å². The van der Waals surface area contributed by atoms with Gasteiger partial charge in [-0.05, 0) is 26.0 Å². The topological polar surface area (TPSA) is 68.2 Å². The first-order valence-electron chi connectivity index (χ1n) is 6.87. The van der Waals surface area contributed by atoms with E-state index in [-0.39, 0.29) is 6.61 Å². The average molecular weight is 290 g/mol. The summed E-state index contributed by atoms with van der Waals surface area (Å²) in [5, 5.41) is 20.3. The molecule has 21 heavy (non-hydrogen) atoms. The summed E-state index contributed by atoms with van der Waals surface area (Å²) < 4.78 is 16.8. The van der Waals surface area contributed by atoms with Crippen molar-refractivity contribution in [2.45, 2.75) is 43.7 Å². The van der Waals surface area contributed by atoms with Crippen molar-refractivity contribution in [2.75, 3.05) is 6.61 Å². The van der Waals surface area contributed by atoms with E-state index in [4.69, 9.17) is 14.2 Å². The Hall–Kier alpha value is -1.42. The summed E-state index contributed by atoms with van der Waals surface area (Å²) in [7, 11) is 0. The lowest BCUT2D eigenvalue weighted by atomic mass is 9.93. The second kappa shape index (κ2) is 5.09. The summed E-state index contributed by atoms with van der Waals surface area (Å²) in [6, 6.07) is 9.30. The van der Waals surface area contributed by atoms with Crippen molar-refractivity contribution < 1.29 is 24.4 Å². The zero-order valence-electron chi connectivity index (χ0n) is 11.9. The lowest BCUT2D eigenvalue weighted by Gasteiger charge is -2.28. The molecule has 0 bridgehead atoms. The van der Waals surface area contributed by atoms with Crippen molar-refractivity contribution in [1.82, 2.24) is 0 Å². The van der Waals surface area contributed by atoms with Crippen molar-refractivity contribution in [3.63, 3.8) is 0 Å². The predicted molar refractivity (Wildman–Crippen MR) is 74.1 cm³/mol. The van der Waals surface area contributed by atoms with Gasteiger partial charge in [0.15, 0.2) is 23.8 Å². The molecule has 5 nitrogen and oxygen atoms in total. The summed E-state index contributed by atoms with van der Waals surface area (Å²) in [6.45, 7) is 3.13. The highest BCUT2D eigenvalue weighted by atomic mass is 16.8. The third-order valence-corrected chi connectivity index (χ3v) is 3.63. The molecule has 1 aromatic rings. The van der Waals surface area contributed by atoms with Crippen LogP contribution in [0.2, 0.25) is 0 Å². The van der Waals surface area contributed by atoms with Gasteiger partial charge in [-0.25, -0.2) is 0 Å². The average Bonchev–Trinajstić information content (AvgIpc) is 2.90. The minimum atomic E-state index is -1.61. The highest BCUT2D eigenvalue weighted by Gasteiger charge is 2.62. The number of hydrogen-bond acceptors (Lipinski definition) is 5. The van der Waals surface area contributed by atoms with E-state index in [9.17, 15) is 10.2 Å². The Kier molecular flexibility index (Phi) is 3.52. The minimum Gasteiger partial charge on any atom is -0.394 e. The van der Waals surface area contributed by atoms with Gasteiger partial charge in [0, 0.05) is 5.56 Å². The van der Waals surface area contributed by atoms with Gasteiger partial charge in [-0.1, -0.05) is 30.0 Å². The molecule has 112 valence electrons. The van der Waals surface area contributed by atoms with E-state index in [2.05, 4.69) is 11.8 Å². The van der Waals surface area contributed by atoms with E-state index in [1.165, 1.54) is 0 Å². The molecule has 0 spiro atoms. The van der Waals surface area contributed by atoms with E-state index >= 15 is 0 Å². The molecule has 2 aliphatic rings. The number of aliphatic hydroxyl groups is 2. The lowest BCUT2D eigenvalue weighted by Crippen LogP contribution is -2.49. The van der Waals surface area contributed by atoms with Gasteiger partial charge in [-0.2, -0.15) is 0 Å². The first-order chi connectivity index (χ1) is 9.94. The fraction of sp³-hybridized carbons (Fsp3) is 0.500. The number of fused-ring (bicyclic) bond motifs is 1. The van der Waals surface area contributed by atoms with Crippen molar-refractivity contribution in [3.05, 3.63) is 35.9 Å². The van der Waals surface area contributed by atoms with Gasteiger partial charge < -0.3 is 24.4 Å². The summed E-state index contributed by atoms with van der Waals surface area (Å²) >= 11 is 0. The maximum atomic E-state index is 10.9. The quantitative estimate of drug-likeness (QED) is 0.743. The van der Waals surface area contributed by atoms with Crippen LogP contribution in [0, 0.1) is 11.8 Å². The summed E-state index contributed by atoms with van der Waals surface area (Å²) in [4.78, 5) is 0. The van der Waals surface area contributed by atoms with E-state index in [1.807, 2.05) is 30.3 Å². The van der Waals surface area contributed by atoms with E-state index in [1.54, 1.807) is 13.8 Å². The Morgan fingerprint density at radius 3 is 2.57 bits per heavy atom. The van der Waals surface area contributed by atoms with Gasteiger partial charge in [0.05, 0.1) is 6.61 Å². The molecular weight excluding hydrogens is 272 g/mol. The Morgan fingerprint density at radius 2 is 1.90 bits per heavy atom. The summed E-state index contributed by atoms with van der Waals surface area (Å²) in [6.07, 6.45) is -2.34. The fourth-order valence-electron chi connectivity index (χ4n) is 2.60. The molecule has 0 aliphatic carbocycles. The van der Waals surface area contributed by atoms with Crippen LogP contribution in [0.15, 0.2) is 30.3 Å². The molecule has 2 heterocycles. The van der Waals surface area contributed by atoms with Crippen LogP contribution < -0.4 is 0 Å². The molecule has 0 radical (unpaired) electrons. The van der Waals surface area contributed by atoms with Crippen molar-refractivity contribution in [2.24, 2.45) is 0 Å². The van der Waals surface area contributed by atoms with Crippen LogP contribution in [0.25, 0.3) is 0 Å². The predicted octanol–water partition coefficient (Wildman–Crippen LogP) is 0.638. The van der Waals surface area contributed by atoms with Gasteiger partial charge in [0.25, 0.3) is 0 Å². The second-order valence-corrected chi connectivity index (χ2v) is 5.67. The summed E-state index contributed by atoms with van der Waals surface area (Å²) in [5.74, 6) is 4.86. The molecule has 0 saturated carbocycles. The Balaban J connectivity index is 1.91. The smallest absolute Gasteiger partial charge is 0.191 e. The monoisotopic (exact) mass is 290 g/mol. The van der Waals surface area contributed by atoms with E-state index in [0.29, 0.717) is 0 Å². The van der Waals surface area contributed by atoms with Crippen LogP contribution in [0.4, 0.5) is 0 Å². The van der Waals surface area contributed by atoms with Crippen molar-refractivity contribution in [1.29, 1.82) is 0 Å². The maximum absolute atomic E-state index is 10.9. The largest absolute Gasteiger partial charge is 0.394 e. The molecule has 1 aromatic carbocycles. The zero-order valence-corrected chi connectivity index (χ0v) is 11.9. The van der Waals surface area contributed by atoms with Crippen molar-refractivity contribution in [3.8, 4) is 11.8 Å². The highest BCUT2D eigenvalue weighted by molar-refractivity contribution is 5.38. The maximum Gasteiger partial charge on any atom is 0.191 e. The number of aliphatic hydroxyl groups excluding tert-OH is 1. The standard InChI is InChI=1S/C16H18O5/c1-15(2)20-13-14(21-15)19-12(10-17)16(13,18)9-8-11-6-4-3-5-7-11/h3-7,12-14,17-18H,10H2,1-2H3/t12-,13+,14+,16-/m1/s1. The third kappa shape index (κ3) is 2.57. The van der Waals surface area contributed by atoms with Crippen LogP contribution in [0.3, 0.4) is 0 Å². The number of ether oxygens (including phenoxy) is 3. The normalized spacial score (nSPS) is 36.9. The zero-order chi connectivity index (χ0) is 15.1. The van der Waals surface area contributed by atoms with Gasteiger partial charge in [0.2, 0.25) is 0 Å². The van der Waals surface area contributed by atoms with Crippen LogP contribution >= 0.6 is 0 Å². The number of hydrogen-bond donors (Lipinski definition) is 2. The molecule has 2 aliphatic heterocycles. The molecule has 4 atom stereocenters. The highest BCUT2D eigenvalue weighted by Crippen LogP contribution is 2.42. The van der Waals surface area contributed by atoms with Gasteiger partial charge in [-0.15, -0.1) is 0 Å². The molecule has 5 heteroatoms. The molecular formula is C16H18O5. The minimum absolute atomic E-state index is 0.361. The first kappa shape index (κ1) is 14.5. The molecule has 0 amide bonds. The Morgan fingerprint density at radius 1 is 1.19 bits per heavy atom. The van der Waals surface area contributed by atoms with Crippen LogP contribution in [-0.4, -0.2) is 46.7 Å². The van der Waals surface area contributed by atoms with Crippen LogP contribution in [0.1, 0.15) is 19.4 Å². The first-order valence-corrected chi connectivity index (χ1v) is 6.87. The molecule has 0 aromatic heterocycles. The van der Waals surface area contributed by atoms with E-state index < -0.39 is 29.9 Å². The van der Waals surface area contributed by atoms with Crippen LogP contribution in [-0.2, 0) is 14.2 Å². The van der Waals surface area contributed by atoms with Crippen LogP contribution in [0.5, 0.6) is 0 Å². The van der Waals surface area contributed by atoms with Gasteiger partial charge in [-0.3, -0.25) is 0 Å². The van der Waals surface area contributed by atoms with E-state index in [0.717, 1.165) is 5.56 Å². The second-order valence-electron chi connectivity index (χ2n) is 5.67. The third-order valence-electron chi connectivity index (χ3n) is 3.63. The van der Waals surface area contributed by atoms with Gasteiger partial charge >= 0.3 is 0 Å². The summed E-state index contributed by atoms with van der Waals surface area (Å²) in [5.41, 5.74) is -0.840. The number of rotatable bonds is 1. The molecule has 2 N–H and O–H groups in total. The Bertz CT molecular complexity index is 573. The van der Waals surface area contributed by atoms with Crippen molar-refractivity contribution >= 4 is 0 Å². The number of benzene rings is 1. The SMILES string of the molecule is CC1(C)O[C@@H]2O[C@H](CO)[C@](O)(C#Cc3ccccc3)[C@H]2O1. The lowest BCUT2D eigenvalue weighted by molar-refractivity contribution is -0.225.